The molecule has 1 aromatic heterocycles. The van der Waals surface area contributed by atoms with Crippen molar-refractivity contribution in [1.29, 1.82) is 0 Å². The Morgan fingerprint density at radius 3 is 2.43 bits per heavy atom. The molecule has 3 rings (SSSR count). The van der Waals surface area contributed by atoms with Gasteiger partial charge >= 0.3 is 0 Å². The average molecular weight is 358 g/mol. The molecule has 0 aliphatic carbocycles. The molecular formula is C15H21Cl2N5O. The molecule has 1 amide bonds. The lowest BCUT2D eigenvalue weighted by Gasteiger charge is -2.34. The highest BCUT2D eigenvalue weighted by Gasteiger charge is 2.24. The fourth-order valence-corrected chi connectivity index (χ4v) is 2.51. The van der Waals surface area contributed by atoms with Crippen molar-refractivity contribution in [2.24, 2.45) is 7.05 Å². The molecule has 126 valence electrons. The molecule has 0 spiro atoms. The number of aryl methyl sites for hydroxylation is 1. The van der Waals surface area contributed by atoms with Gasteiger partial charge < -0.3 is 9.47 Å². The quantitative estimate of drug-likeness (QED) is 0.831. The zero-order valence-electron chi connectivity index (χ0n) is 13.0. The van der Waals surface area contributed by atoms with Gasteiger partial charge in [0.25, 0.3) is 0 Å². The Hall–Kier alpha value is -1.63. The van der Waals surface area contributed by atoms with Crippen LogP contribution in [0.1, 0.15) is 11.4 Å². The van der Waals surface area contributed by atoms with Crippen LogP contribution in [0.4, 0.5) is 0 Å². The van der Waals surface area contributed by atoms with Crippen LogP contribution in [0, 0.1) is 0 Å². The highest BCUT2D eigenvalue weighted by atomic mass is 35.5. The third-order valence-electron chi connectivity index (χ3n) is 3.78. The summed E-state index contributed by atoms with van der Waals surface area (Å²) in [6, 6.07) is 10.1. The van der Waals surface area contributed by atoms with Crippen LogP contribution in [0.5, 0.6) is 0 Å². The Kier molecular flexibility index (Phi) is 7.48. The lowest BCUT2D eigenvalue weighted by molar-refractivity contribution is -0.136. The van der Waals surface area contributed by atoms with Gasteiger partial charge in [0.1, 0.15) is 12.2 Å². The van der Waals surface area contributed by atoms with E-state index < -0.39 is 0 Å². The fourth-order valence-electron chi connectivity index (χ4n) is 2.51. The smallest absolute Gasteiger partial charge is 0.237 e. The molecule has 0 atom stereocenters. The highest BCUT2D eigenvalue weighted by Crippen LogP contribution is 2.11. The maximum atomic E-state index is 12.3. The second-order valence-electron chi connectivity index (χ2n) is 5.37. The maximum absolute atomic E-state index is 12.3. The third-order valence-corrected chi connectivity index (χ3v) is 3.78. The van der Waals surface area contributed by atoms with Crippen molar-refractivity contribution in [2.75, 3.05) is 19.6 Å². The third kappa shape index (κ3) is 4.92. The number of amides is 1. The van der Waals surface area contributed by atoms with Crippen LogP contribution in [0.25, 0.3) is 0 Å². The molecular weight excluding hydrogens is 337 g/mol. The topological polar surface area (TPSA) is 54.3 Å². The van der Waals surface area contributed by atoms with Crippen LogP contribution in [0.3, 0.4) is 0 Å². The van der Waals surface area contributed by atoms with Gasteiger partial charge in [0.15, 0.2) is 0 Å². The summed E-state index contributed by atoms with van der Waals surface area (Å²) < 4.78 is 1.89. The van der Waals surface area contributed by atoms with E-state index in [2.05, 4.69) is 27.2 Å². The van der Waals surface area contributed by atoms with Gasteiger partial charge in [-0.25, -0.2) is 0 Å². The molecule has 2 heterocycles. The second-order valence-corrected chi connectivity index (χ2v) is 5.37. The van der Waals surface area contributed by atoms with Crippen molar-refractivity contribution >= 4 is 30.7 Å². The minimum Gasteiger partial charge on any atom is -0.336 e. The van der Waals surface area contributed by atoms with Crippen molar-refractivity contribution in [3.63, 3.8) is 0 Å². The first-order valence-electron chi connectivity index (χ1n) is 7.09. The summed E-state index contributed by atoms with van der Waals surface area (Å²) in [7, 11) is 1.92. The zero-order chi connectivity index (χ0) is 14.7. The van der Waals surface area contributed by atoms with Gasteiger partial charge in [-0.05, 0) is 5.56 Å². The SMILES string of the molecule is Cl.Cl.Cn1cnnc1CN1CCN(Cc2ccccc2)C(=O)C1. The Balaban J connectivity index is 0.00000132. The lowest BCUT2D eigenvalue weighted by atomic mass is 10.2. The van der Waals surface area contributed by atoms with Crippen LogP contribution < -0.4 is 0 Å². The summed E-state index contributed by atoms with van der Waals surface area (Å²) in [6.45, 7) is 3.43. The van der Waals surface area contributed by atoms with E-state index in [1.807, 2.05) is 34.7 Å². The van der Waals surface area contributed by atoms with Crippen LogP contribution in [0.2, 0.25) is 0 Å². The molecule has 0 N–H and O–H groups in total. The van der Waals surface area contributed by atoms with E-state index in [1.54, 1.807) is 6.33 Å². The molecule has 23 heavy (non-hydrogen) atoms. The molecule has 1 aliphatic rings. The van der Waals surface area contributed by atoms with Crippen molar-refractivity contribution in [2.45, 2.75) is 13.1 Å². The van der Waals surface area contributed by atoms with Gasteiger partial charge in [-0.2, -0.15) is 0 Å². The summed E-state index contributed by atoms with van der Waals surface area (Å²) in [4.78, 5) is 16.3. The number of rotatable bonds is 4. The van der Waals surface area contributed by atoms with Crippen molar-refractivity contribution < 1.29 is 4.79 Å². The molecule has 1 saturated heterocycles. The standard InChI is InChI=1S/C15H19N5O.2ClH/c1-18-12-16-17-14(18)10-19-7-8-20(15(21)11-19)9-13-5-3-2-4-6-13;;/h2-6,12H,7-11H2,1H3;2*1H. The largest absolute Gasteiger partial charge is 0.336 e. The summed E-state index contributed by atoms with van der Waals surface area (Å²) in [6.07, 6.45) is 1.68. The van der Waals surface area contributed by atoms with E-state index in [9.17, 15) is 4.79 Å². The van der Waals surface area contributed by atoms with E-state index in [1.165, 1.54) is 5.56 Å². The van der Waals surface area contributed by atoms with Gasteiger partial charge in [-0.1, -0.05) is 30.3 Å². The number of carbonyl (C=O) groups is 1. The normalized spacial score (nSPS) is 15.0. The summed E-state index contributed by atoms with van der Waals surface area (Å²) >= 11 is 0. The minimum absolute atomic E-state index is 0. The molecule has 1 aliphatic heterocycles. The molecule has 0 radical (unpaired) electrons. The Morgan fingerprint density at radius 2 is 1.83 bits per heavy atom. The second kappa shape index (κ2) is 8.86. The molecule has 1 aromatic carbocycles. The van der Waals surface area contributed by atoms with Gasteiger partial charge in [0, 0.05) is 26.7 Å². The summed E-state index contributed by atoms with van der Waals surface area (Å²) in [5.74, 6) is 1.06. The summed E-state index contributed by atoms with van der Waals surface area (Å²) in [5, 5.41) is 7.94. The van der Waals surface area contributed by atoms with Crippen LogP contribution in [-0.2, 0) is 24.9 Å². The van der Waals surface area contributed by atoms with Gasteiger partial charge in [0.05, 0.1) is 13.1 Å². The molecule has 2 aromatic rings. The molecule has 1 fully saturated rings. The van der Waals surface area contributed by atoms with E-state index in [0.29, 0.717) is 19.6 Å². The Morgan fingerprint density at radius 1 is 1.09 bits per heavy atom. The van der Waals surface area contributed by atoms with Crippen molar-refractivity contribution in [3.05, 3.63) is 48.0 Å². The van der Waals surface area contributed by atoms with Crippen LogP contribution in [-0.4, -0.2) is 50.1 Å². The minimum atomic E-state index is 0. The number of nitrogens with zero attached hydrogens (tertiary/aromatic N) is 5. The molecule has 8 heteroatoms. The maximum Gasteiger partial charge on any atom is 0.237 e. The average Bonchev–Trinajstić information content (AvgIpc) is 2.88. The number of carbonyl (C=O) groups excluding carboxylic acids is 1. The van der Waals surface area contributed by atoms with Gasteiger partial charge in [-0.15, -0.1) is 35.0 Å². The number of hydrogen-bond donors (Lipinski definition) is 0. The Labute approximate surface area is 148 Å². The first-order valence-corrected chi connectivity index (χ1v) is 7.09. The number of hydrogen-bond acceptors (Lipinski definition) is 4. The summed E-state index contributed by atoms with van der Waals surface area (Å²) in [5.41, 5.74) is 1.17. The monoisotopic (exact) mass is 357 g/mol. The predicted molar refractivity (Wildman–Crippen MR) is 92.6 cm³/mol. The van der Waals surface area contributed by atoms with E-state index in [-0.39, 0.29) is 30.7 Å². The van der Waals surface area contributed by atoms with E-state index in [0.717, 1.165) is 18.9 Å². The number of piperazine rings is 1. The number of aromatic nitrogens is 3. The van der Waals surface area contributed by atoms with Crippen LogP contribution >= 0.6 is 24.8 Å². The molecule has 0 unspecified atom stereocenters. The van der Waals surface area contributed by atoms with E-state index in [4.69, 9.17) is 0 Å². The van der Waals surface area contributed by atoms with Gasteiger partial charge in [-0.3, -0.25) is 9.69 Å². The fraction of sp³-hybridized carbons (Fsp3) is 0.400. The predicted octanol–water partition coefficient (Wildman–Crippen LogP) is 1.50. The first-order chi connectivity index (χ1) is 10.2. The zero-order valence-corrected chi connectivity index (χ0v) is 14.6. The first kappa shape index (κ1) is 19.4. The number of benzene rings is 1. The van der Waals surface area contributed by atoms with E-state index >= 15 is 0 Å². The Bertz CT molecular complexity index is 619. The molecule has 0 saturated carbocycles. The van der Waals surface area contributed by atoms with Crippen molar-refractivity contribution in [1.82, 2.24) is 24.6 Å². The highest BCUT2D eigenvalue weighted by molar-refractivity contribution is 5.85. The number of halogens is 2. The van der Waals surface area contributed by atoms with Crippen molar-refractivity contribution in [3.8, 4) is 0 Å². The molecule has 6 nitrogen and oxygen atoms in total. The lowest BCUT2D eigenvalue weighted by Crippen LogP contribution is -2.49. The van der Waals surface area contributed by atoms with Crippen LogP contribution in [0.15, 0.2) is 36.7 Å². The van der Waals surface area contributed by atoms with Gasteiger partial charge in [0.2, 0.25) is 5.91 Å². The molecule has 0 bridgehead atoms.